The molecular formula is C12H11NOS. The summed E-state index contributed by atoms with van der Waals surface area (Å²) < 4.78 is 0. The predicted molar refractivity (Wildman–Crippen MR) is 61.8 cm³/mol. The van der Waals surface area contributed by atoms with Crippen LogP contribution in [0.15, 0.2) is 47.8 Å². The van der Waals surface area contributed by atoms with Crippen LogP contribution < -0.4 is 5.73 Å². The average Bonchev–Trinajstić information content (AvgIpc) is 2.72. The fraction of sp³-hybridized carbons (Fsp3) is 0.0833. The van der Waals surface area contributed by atoms with E-state index in [1.807, 2.05) is 47.8 Å². The van der Waals surface area contributed by atoms with Crippen LogP contribution in [0, 0.1) is 0 Å². The Kier molecular flexibility index (Phi) is 2.83. The van der Waals surface area contributed by atoms with Crippen LogP contribution in [0.25, 0.3) is 0 Å². The highest BCUT2D eigenvalue weighted by Crippen LogP contribution is 2.27. The molecule has 15 heavy (non-hydrogen) atoms. The number of thiophene rings is 1. The third-order valence-corrected chi connectivity index (χ3v) is 3.18. The van der Waals surface area contributed by atoms with Crippen LogP contribution in [0.5, 0.6) is 0 Å². The Hall–Kier alpha value is -1.61. The molecule has 0 radical (unpaired) electrons. The van der Waals surface area contributed by atoms with Gasteiger partial charge in [-0.1, -0.05) is 36.4 Å². The second-order valence-corrected chi connectivity index (χ2v) is 4.24. The zero-order chi connectivity index (χ0) is 10.7. The number of rotatable bonds is 3. The minimum Gasteiger partial charge on any atom is -0.369 e. The van der Waals surface area contributed by atoms with Crippen LogP contribution in [-0.4, -0.2) is 5.91 Å². The molecule has 0 spiro atoms. The maximum absolute atomic E-state index is 11.4. The summed E-state index contributed by atoms with van der Waals surface area (Å²) in [6.07, 6.45) is 0. The van der Waals surface area contributed by atoms with Crippen LogP contribution in [0.3, 0.4) is 0 Å². The summed E-state index contributed by atoms with van der Waals surface area (Å²) in [6, 6.07) is 13.5. The first kappa shape index (κ1) is 9.93. The lowest BCUT2D eigenvalue weighted by Gasteiger charge is -2.11. The van der Waals surface area contributed by atoms with E-state index in [9.17, 15) is 4.79 Å². The molecule has 1 amide bonds. The van der Waals surface area contributed by atoms with Gasteiger partial charge in [-0.15, -0.1) is 11.3 Å². The molecule has 1 atom stereocenters. The number of benzene rings is 1. The summed E-state index contributed by atoms with van der Waals surface area (Å²) >= 11 is 1.55. The van der Waals surface area contributed by atoms with Gasteiger partial charge in [0.15, 0.2) is 0 Å². The van der Waals surface area contributed by atoms with Crippen molar-refractivity contribution in [1.82, 2.24) is 0 Å². The standard InChI is InChI=1S/C12H11NOS/c13-12(14)11(10-7-4-8-15-10)9-5-2-1-3-6-9/h1-8,11H,(H2,13,14). The molecule has 3 heteroatoms. The van der Waals surface area contributed by atoms with Gasteiger partial charge in [-0.2, -0.15) is 0 Å². The topological polar surface area (TPSA) is 43.1 Å². The van der Waals surface area contributed by atoms with Gasteiger partial charge in [-0.3, -0.25) is 4.79 Å². The van der Waals surface area contributed by atoms with E-state index >= 15 is 0 Å². The van der Waals surface area contributed by atoms with Crippen molar-refractivity contribution >= 4 is 17.2 Å². The van der Waals surface area contributed by atoms with Gasteiger partial charge in [-0.25, -0.2) is 0 Å². The zero-order valence-corrected chi connectivity index (χ0v) is 8.91. The van der Waals surface area contributed by atoms with E-state index < -0.39 is 0 Å². The highest BCUT2D eigenvalue weighted by atomic mass is 32.1. The highest BCUT2D eigenvalue weighted by molar-refractivity contribution is 7.10. The first-order valence-electron chi connectivity index (χ1n) is 4.66. The molecule has 0 aliphatic rings. The Morgan fingerprint density at radius 3 is 2.40 bits per heavy atom. The van der Waals surface area contributed by atoms with Crippen molar-refractivity contribution in [3.63, 3.8) is 0 Å². The quantitative estimate of drug-likeness (QED) is 0.842. The van der Waals surface area contributed by atoms with Crippen molar-refractivity contribution in [3.05, 3.63) is 58.3 Å². The summed E-state index contributed by atoms with van der Waals surface area (Å²) in [5.74, 6) is -0.616. The van der Waals surface area contributed by atoms with E-state index in [0.29, 0.717) is 0 Å². The lowest BCUT2D eigenvalue weighted by molar-refractivity contribution is -0.118. The van der Waals surface area contributed by atoms with Gasteiger partial charge in [0.2, 0.25) is 5.91 Å². The third kappa shape index (κ3) is 2.07. The van der Waals surface area contributed by atoms with E-state index in [-0.39, 0.29) is 11.8 Å². The van der Waals surface area contributed by atoms with Gasteiger partial charge < -0.3 is 5.73 Å². The minimum atomic E-state index is -0.314. The van der Waals surface area contributed by atoms with Gasteiger partial charge >= 0.3 is 0 Å². The molecule has 2 N–H and O–H groups in total. The fourth-order valence-electron chi connectivity index (χ4n) is 1.57. The first-order valence-corrected chi connectivity index (χ1v) is 5.54. The van der Waals surface area contributed by atoms with Crippen molar-refractivity contribution in [2.24, 2.45) is 5.73 Å². The summed E-state index contributed by atoms with van der Waals surface area (Å²) in [7, 11) is 0. The monoisotopic (exact) mass is 217 g/mol. The number of carbonyl (C=O) groups excluding carboxylic acids is 1. The molecule has 1 heterocycles. The maximum Gasteiger partial charge on any atom is 0.230 e. The summed E-state index contributed by atoms with van der Waals surface area (Å²) in [4.78, 5) is 12.4. The SMILES string of the molecule is NC(=O)C(c1ccccc1)c1cccs1. The molecule has 2 rings (SSSR count). The fourth-order valence-corrected chi connectivity index (χ4v) is 2.43. The molecule has 0 saturated heterocycles. The lowest BCUT2D eigenvalue weighted by Crippen LogP contribution is -2.21. The minimum absolute atomic E-state index is 0.302. The van der Waals surface area contributed by atoms with Crippen molar-refractivity contribution in [2.75, 3.05) is 0 Å². The Bertz CT molecular complexity index is 436. The molecule has 0 bridgehead atoms. The number of carbonyl (C=O) groups is 1. The second-order valence-electron chi connectivity index (χ2n) is 3.26. The first-order chi connectivity index (χ1) is 7.29. The summed E-state index contributed by atoms with van der Waals surface area (Å²) in [5.41, 5.74) is 6.38. The molecule has 1 aromatic carbocycles. The number of hydrogen-bond acceptors (Lipinski definition) is 2. The Balaban J connectivity index is 2.42. The molecule has 2 aromatic rings. The van der Waals surface area contributed by atoms with Crippen molar-refractivity contribution in [3.8, 4) is 0 Å². The van der Waals surface area contributed by atoms with Gasteiger partial charge in [-0.05, 0) is 17.0 Å². The normalized spacial score (nSPS) is 12.3. The molecule has 0 aliphatic heterocycles. The predicted octanol–water partition coefficient (Wildman–Crippen LogP) is 2.37. The number of primary amides is 1. The van der Waals surface area contributed by atoms with Crippen molar-refractivity contribution in [1.29, 1.82) is 0 Å². The van der Waals surface area contributed by atoms with E-state index in [1.165, 1.54) is 0 Å². The third-order valence-electron chi connectivity index (χ3n) is 2.25. The van der Waals surface area contributed by atoms with Crippen molar-refractivity contribution in [2.45, 2.75) is 5.92 Å². The Morgan fingerprint density at radius 1 is 1.13 bits per heavy atom. The molecule has 1 unspecified atom stereocenters. The summed E-state index contributed by atoms with van der Waals surface area (Å²) in [5, 5.41) is 1.95. The van der Waals surface area contributed by atoms with Crippen LogP contribution >= 0.6 is 11.3 Å². The van der Waals surface area contributed by atoms with Crippen LogP contribution in [0.4, 0.5) is 0 Å². The van der Waals surface area contributed by atoms with E-state index in [1.54, 1.807) is 11.3 Å². The van der Waals surface area contributed by atoms with Gasteiger partial charge in [0.25, 0.3) is 0 Å². The molecular weight excluding hydrogens is 206 g/mol. The number of amides is 1. The van der Waals surface area contributed by atoms with Crippen LogP contribution in [-0.2, 0) is 4.79 Å². The van der Waals surface area contributed by atoms with Gasteiger partial charge in [0.05, 0.1) is 5.92 Å². The molecule has 2 nitrogen and oxygen atoms in total. The largest absolute Gasteiger partial charge is 0.369 e. The average molecular weight is 217 g/mol. The molecule has 0 aliphatic carbocycles. The summed E-state index contributed by atoms with van der Waals surface area (Å²) in [6.45, 7) is 0. The van der Waals surface area contributed by atoms with Crippen LogP contribution in [0.2, 0.25) is 0 Å². The second kappa shape index (κ2) is 4.28. The van der Waals surface area contributed by atoms with Gasteiger partial charge in [0.1, 0.15) is 0 Å². The molecule has 76 valence electrons. The number of nitrogens with two attached hydrogens (primary N) is 1. The van der Waals surface area contributed by atoms with Crippen molar-refractivity contribution < 1.29 is 4.79 Å². The Labute approximate surface area is 92.4 Å². The molecule has 0 fully saturated rings. The zero-order valence-electron chi connectivity index (χ0n) is 8.09. The van der Waals surface area contributed by atoms with Gasteiger partial charge in [0, 0.05) is 4.88 Å². The maximum atomic E-state index is 11.4. The van der Waals surface area contributed by atoms with E-state index in [4.69, 9.17) is 5.73 Å². The van der Waals surface area contributed by atoms with E-state index in [0.717, 1.165) is 10.4 Å². The lowest BCUT2D eigenvalue weighted by atomic mass is 9.97. The molecule has 1 aromatic heterocycles. The Morgan fingerprint density at radius 2 is 1.87 bits per heavy atom. The highest BCUT2D eigenvalue weighted by Gasteiger charge is 2.20. The number of hydrogen-bond donors (Lipinski definition) is 1. The van der Waals surface area contributed by atoms with E-state index in [2.05, 4.69) is 0 Å². The smallest absolute Gasteiger partial charge is 0.230 e. The van der Waals surface area contributed by atoms with Crippen LogP contribution in [0.1, 0.15) is 16.4 Å². The molecule has 0 saturated carbocycles.